The Morgan fingerprint density at radius 1 is 1.32 bits per heavy atom. The normalized spacial score (nSPS) is 19.0. The molecule has 5 heteroatoms. The molecule has 1 aromatic heterocycles. The van der Waals surface area contributed by atoms with Crippen LogP contribution >= 0.6 is 0 Å². The van der Waals surface area contributed by atoms with E-state index in [2.05, 4.69) is 22.0 Å². The Morgan fingerprint density at radius 2 is 2.12 bits per heavy atom. The number of aliphatic hydroxyl groups excluding tert-OH is 1. The smallest absolute Gasteiger partial charge is 0.139 e. The molecule has 130 valence electrons. The van der Waals surface area contributed by atoms with Crippen LogP contribution in [0, 0.1) is 11.3 Å². The van der Waals surface area contributed by atoms with E-state index in [1.54, 1.807) is 0 Å². The zero-order chi connectivity index (χ0) is 17.2. The summed E-state index contributed by atoms with van der Waals surface area (Å²) >= 11 is 0. The molecule has 2 aliphatic rings. The van der Waals surface area contributed by atoms with Gasteiger partial charge in [0, 0.05) is 24.2 Å². The first-order chi connectivity index (χ1) is 12.2. The van der Waals surface area contributed by atoms with Crippen molar-refractivity contribution in [2.45, 2.75) is 37.7 Å². The molecule has 1 saturated carbocycles. The number of likely N-dealkylation sites (tertiary alicyclic amines) is 1. The third-order valence-corrected chi connectivity index (χ3v) is 5.11. The van der Waals surface area contributed by atoms with Gasteiger partial charge in [0.1, 0.15) is 24.5 Å². The second kappa shape index (κ2) is 6.99. The highest BCUT2D eigenvalue weighted by atomic mass is 16.5. The molecule has 1 aliphatic heterocycles. The molecule has 0 amide bonds. The summed E-state index contributed by atoms with van der Waals surface area (Å²) in [5.74, 6) is 1.11. The van der Waals surface area contributed by atoms with Gasteiger partial charge >= 0.3 is 0 Å². The van der Waals surface area contributed by atoms with Gasteiger partial charge < -0.3 is 14.7 Å². The number of nitriles is 1. The van der Waals surface area contributed by atoms with Gasteiger partial charge in [-0.1, -0.05) is 0 Å². The Kier molecular flexibility index (Phi) is 4.56. The van der Waals surface area contributed by atoms with Gasteiger partial charge in [0.15, 0.2) is 0 Å². The van der Waals surface area contributed by atoms with E-state index in [9.17, 15) is 10.4 Å². The number of rotatable bonds is 6. The van der Waals surface area contributed by atoms with Crippen LogP contribution in [0.4, 0.5) is 0 Å². The summed E-state index contributed by atoms with van der Waals surface area (Å²) in [6.45, 7) is 2.91. The number of hydrogen-bond donors (Lipinski definition) is 1. The molecule has 1 aromatic carbocycles. The van der Waals surface area contributed by atoms with Crippen LogP contribution in [0.2, 0.25) is 0 Å². The molecule has 0 unspecified atom stereocenters. The molecule has 1 aliphatic carbocycles. The highest BCUT2D eigenvalue weighted by Gasteiger charge is 2.26. The minimum Gasteiger partial charge on any atom is -0.489 e. The standard InChI is InChI=1S/C20H23N3O2/c21-11-15-9-18-17(14-3-4-14)5-6-22-19(18)10-20(15)25-13-16(24)12-23-7-1-2-8-23/h5-6,9-10,14,16,24H,1-4,7-8,12-13H2/t16-/m1/s1. The number of pyridine rings is 1. The second-order valence-electron chi connectivity index (χ2n) is 7.12. The first-order valence-corrected chi connectivity index (χ1v) is 9.10. The van der Waals surface area contributed by atoms with Crippen LogP contribution in [0.5, 0.6) is 5.75 Å². The summed E-state index contributed by atoms with van der Waals surface area (Å²) in [4.78, 5) is 6.69. The van der Waals surface area contributed by atoms with Crippen molar-refractivity contribution in [1.29, 1.82) is 5.26 Å². The predicted octanol–water partition coefficient (Wildman–Crippen LogP) is 2.82. The fourth-order valence-electron chi connectivity index (χ4n) is 3.65. The van der Waals surface area contributed by atoms with E-state index < -0.39 is 6.10 Å². The van der Waals surface area contributed by atoms with E-state index in [-0.39, 0.29) is 6.61 Å². The number of aliphatic hydroxyl groups is 1. The maximum Gasteiger partial charge on any atom is 0.139 e. The van der Waals surface area contributed by atoms with E-state index in [0.29, 0.717) is 23.8 Å². The Bertz CT molecular complexity index is 804. The largest absolute Gasteiger partial charge is 0.489 e. The van der Waals surface area contributed by atoms with Crippen molar-refractivity contribution in [3.05, 3.63) is 35.5 Å². The van der Waals surface area contributed by atoms with E-state index in [4.69, 9.17) is 4.74 Å². The third-order valence-electron chi connectivity index (χ3n) is 5.11. The molecular weight excluding hydrogens is 314 g/mol. The molecule has 25 heavy (non-hydrogen) atoms. The first kappa shape index (κ1) is 16.3. The quantitative estimate of drug-likeness (QED) is 0.878. The lowest BCUT2D eigenvalue weighted by atomic mass is 10.0. The average molecular weight is 337 g/mol. The van der Waals surface area contributed by atoms with Crippen molar-refractivity contribution in [3.63, 3.8) is 0 Å². The number of fused-ring (bicyclic) bond motifs is 1. The summed E-state index contributed by atoms with van der Waals surface area (Å²) in [6, 6.07) is 8.01. The number of hydrogen-bond acceptors (Lipinski definition) is 5. The van der Waals surface area contributed by atoms with Crippen LogP contribution in [0.3, 0.4) is 0 Å². The van der Waals surface area contributed by atoms with Crippen LogP contribution in [0.1, 0.15) is 42.7 Å². The molecule has 1 N–H and O–H groups in total. The topological polar surface area (TPSA) is 69.4 Å². The summed E-state index contributed by atoms with van der Waals surface area (Å²) in [7, 11) is 0. The number of β-amino-alcohol motifs (C(OH)–C–C–N with tert-alkyl or cyclic N) is 1. The SMILES string of the molecule is N#Cc1cc2c(C3CC3)ccnc2cc1OC[C@H](O)CN1CCCC1. The summed E-state index contributed by atoms with van der Waals surface area (Å²) in [6.07, 6.45) is 6.10. The highest BCUT2D eigenvalue weighted by Crippen LogP contribution is 2.43. The van der Waals surface area contributed by atoms with Crippen LogP contribution in [0.25, 0.3) is 10.9 Å². The van der Waals surface area contributed by atoms with Crippen molar-refractivity contribution in [2.75, 3.05) is 26.2 Å². The molecule has 0 spiro atoms. The molecule has 2 heterocycles. The van der Waals surface area contributed by atoms with E-state index >= 15 is 0 Å². The molecule has 0 radical (unpaired) electrons. The molecular formula is C20H23N3O2. The molecule has 1 saturated heterocycles. The fraction of sp³-hybridized carbons (Fsp3) is 0.500. The molecule has 0 bridgehead atoms. The van der Waals surface area contributed by atoms with Crippen molar-refractivity contribution in [1.82, 2.24) is 9.88 Å². The van der Waals surface area contributed by atoms with Crippen LogP contribution in [-0.4, -0.2) is 47.3 Å². The van der Waals surface area contributed by atoms with Gasteiger partial charge in [-0.2, -0.15) is 5.26 Å². The minimum absolute atomic E-state index is 0.193. The summed E-state index contributed by atoms with van der Waals surface area (Å²) in [5.41, 5.74) is 2.64. The van der Waals surface area contributed by atoms with Gasteiger partial charge in [-0.05, 0) is 62.4 Å². The fourth-order valence-corrected chi connectivity index (χ4v) is 3.65. The molecule has 5 nitrogen and oxygen atoms in total. The van der Waals surface area contributed by atoms with Gasteiger partial charge in [-0.25, -0.2) is 0 Å². The molecule has 4 rings (SSSR count). The van der Waals surface area contributed by atoms with Crippen molar-refractivity contribution in [2.24, 2.45) is 0 Å². The maximum atomic E-state index is 10.2. The monoisotopic (exact) mass is 337 g/mol. The van der Waals surface area contributed by atoms with Gasteiger partial charge in [0.25, 0.3) is 0 Å². The second-order valence-corrected chi connectivity index (χ2v) is 7.12. The lowest BCUT2D eigenvalue weighted by molar-refractivity contribution is 0.0758. The van der Waals surface area contributed by atoms with E-state index in [0.717, 1.165) is 24.0 Å². The van der Waals surface area contributed by atoms with Crippen molar-refractivity contribution in [3.8, 4) is 11.8 Å². The van der Waals surface area contributed by atoms with Crippen molar-refractivity contribution >= 4 is 10.9 Å². The first-order valence-electron chi connectivity index (χ1n) is 9.10. The van der Waals surface area contributed by atoms with E-state index in [1.807, 2.05) is 18.3 Å². The van der Waals surface area contributed by atoms with Crippen molar-refractivity contribution < 1.29 is 9.84 Å². The molecule has 2 fully saturated rings. The van der Waals surface area contributed by atoms with Gasteiger partial charge in [0.05, 0.1) is 11.1 Å². The lowest BCUT2D eigenvalue weighted by Gasteiger charge is -2.20. The third kappa shape index (κ3) is 3.60. The lowest BCUT2D eigenvalue weighted by Crippen LogP contribution is -2.33. The average Bonchev–Trinajstić information content (AvgIpc) is 3.35. The highest BCUT2D eigenvalue weighted by molar-refractivity contribution is 5.86. The van der Waals surface area contributed by atoms with Crippen LogP contribution < -0.4 is 4.74 Å². The summed E-state index contributed by atoms with van der Waals surface area (Å²) in [5, 5.41) is 20.8. The number of benzene rings is 1. The maximum absolute atomic E-state index is 10.2. The zero-order valence-corrected chi connectivity index (χ0v) is 14.3. The Balaban J connectivity index is 1.51. The summed E-state index contributed by atoms with van der Waals surface area (Å²) < 4.78 is 5.79. The number of ether oxygens (including phenoxy) is 1. The number of nitrogens with zero attached hydrogens (tertiary/aromatic N) is 3. The Morgan fingerprint density at radius 3 is 2.84 bits per heavy atom. The van der Waals surface area contributed by atoms with Crippen LogP contribution in [-0.2, 0) is 0 Å². The van der Waals surface area contributed by atoms with Crippen LogP contribution in [0.15, 0.2) is 24.4 Å². The minimum atomic E-state index is -0.550. The number of aromatic nitrogens is 1. The van der Waals surface area contributed by atoms with Gasteiger partial charge in [-0.3, -0.25) is 4.98 Å². The molecule has 2 aromatic rings. The Hall–Kier alpha value is -2.16. The van der Waals surface area contributed by atoms with E-state index in [1.165, 1.54) is 31.2 Å². The molecule has 1 atom stereocenters. The zero-order valence-electron chi connectivity index (χ0n) is 14.3. The Labute approximate surface area is 147 Å². The predicted molar refractivity (Wildman–Crippen MR) is 95.6 cm³/mol. The van der Waals surface area contributed by atoms with Gasteiger partial charge in [0.2, 0.25) is 0 Å². The van der Waals surface area contributed by atoms with Gasteiger partial charge in [-0.15, -0.1) is 0 Å².